The van der Waals surface area contributed by atoms with Gasteiger partial charge in [0.2, 0.25) is 0 Å². The van der Waals surface area contributed by atoms with Crippen LogP contribution in [0.1, 0.15) is 32.4 Å². The minimum Gasteiger partial charge on any atom is -0.496 e. The number of aryl methyl sites for hydroxylation is 2. The van der Waals surface area contributed by atoms with Gasteiger partial charge in [-0.15, -0.1) is 11.8 Å². The SMILES string of the molecule is COc1ccc(Br)cc1C1SCCN1C(=O)c1ccc(C)cc1C. The van der Waals surface area contributed by atoms with Crippen LogP contribution in [-0.4, -0.2) is 30.2 Å². The van der Waals surface area contributed by atoms with Gasteiger partial charge in [-0.25, -0.2) is 0 Å². The first-order chi connectivity index (χ1) is 11.5. The molecule has 1 atom stereocenters. The molecule has 0 aromatic heterocycles. The summed E-state index contributed by atoms with van der Waals surface area (Å²) in [6.45, 7) is 4.79. The van der Waals surface area contributed by atoms with E-state index in [9.17, 15) is 4.79 Å². The second kappa shape index (κ2) is 7.19. The van der Waals surface area contributed by atoms with Gasteiger partial charge in [0, 0.05) is 27.9 Å². The van der Waals surface area contributed by atoms with Crippen LogP contribution < -0.4 is 4.74 Å². The molecule has 2 aromatic carbocycles. The van der Waals surface area contributed by atoms with Crippen LogP contribution in [0.3, 0.4) is 0 Å². The van der Waals surface area contributed by atoms with E-state index in [4.69, 9.17) is 4.74 Å². The summed E-state index contributed by atoms with van der Waals surface area (Å²) in [5.41, 5.74) is 4.01. The van der Waals surface area contributed by atoms with E-state index in [1.54, 1.807) is 18.9 Å². The number of thioether (sulfide) groups is 1. The highest BCUT2D eigenvalue weighted by atomic mass is 79.9. The summed E-state index contributed by atoms with van der Waals surface area (Å²) in [5, 5.41) is -0.0225. The number of carbonyl (C=O) groups excluding carboxylic acids is 1. The van der Waals surface area contributed by atoms with Crippen LogP contribution >= 0.6 is 27.7 Å². The van der Waals surface area contributed by atoms with Crippen molar-refractivity contribution in [1.82, 2.24) is 4.90 Å². The molecule has 0 spiro atoms. The summed E-state index contributed by atoms with van der Waals surface area (Å²) in [5.74, 6) is 1.83. The Morgan fingerprint density at radius 1 is 1.25 bits per heavy atom. The van der Waals surface area contributed by atoms with Crippen molar-refractivity contribution in [2.24, 2.45) is 0 Å². The van der Waals surface area contributed by atoms with Gasteiger partial charge in [0.05, 0.1) is 7.11 Å². The maximum Gasteiger partial charge on any atom is 0.255 e. The molecule has 1 aliphatic rings. The first kappa shape index (κ1) is 17.4. The maximum absolute atomic E-state index is 13.1. The summed E-state index contributed by atoms with van der Waals surface area (Å²) in [7, 11) is 1.67. The third-order valence-electron chi connectivity index (χ3n) is 4.22. The number of hydrogen-bond donors (Lipinski definition) is 0. The van der Waals surface area contributed by atoms with E-state index in [0.29, 0.717) is 0 Å². The predicted octanol–water partition coefficient (Wildman–Crippen LogP) is 4.96. The lowest BCUT2D eigenvalue weighted by atomic mass is 10.0. The zero-order chi connectivity index (χ0) is 17.3. The summed E-state index contributed by atoms with van der Waals surface area (Å²) in [6, 6.07) is 11.9. The lowest BCUT2D eigenvalue weighted by molar-refractivity contribution is 0.0758. The van der Waals surface area contributed by atoms with Gasteiger partial charge in [-0.05, 0) is 43.7 Å². The summed E-state index contributed by atoms with van der Waals surface area (Å²) in [6.07, 6.45) is 0. The van der Waals surface area contributed by atoms with Crippen molar-refractivity contribution in [3.63, 3.8) is 0 Å². The predicted molar refractivity (Wildman–Crippen MR) is 103 cm³/mol. The molecule has 5 heteroatoms. The van der Waals surface area contributed by atoms with Crippen molar-refractivity contribution in [1.29, 1.82) is 0 Å². The fraction of sp³-hybridized carbons (Fsp3) is 0.316. The van der Waals surface area contributed by atoms with Gasteiger partial charge in [0.15, 0.2) is 0 Å². The largest absolute Gasteiger partial charge is 0.496 e. The average Bonchev–Trinajstić information content (AvgIpc) is 3.03. The van der Waals surface area contributed by atoms with Crippen molar-refractivity contribution < 1.29 is 9.53 Å². The molecule has 1 fully saturated rings. The Bertz CT molecular complexity index is 778. The zero-order valence-electron chi connectivity index (χ0n) is 14.0. The van der Waals surface area contributed by atoms with Crippen molar-refractivity contribution >= 4 is 33.6 Å². The Hall–Kier alpha value is -1.46. The molecule has 126 valence electrons. The molecule has 1 amide bonds. The van der Waals surface area contributed by atoms with Crippen LogP contribution in [0.2, 0.25) is 0 Å². The first-order valence-corrected chi connectivity index (χ1v) is 9.68. The van der Waals surface area contributed by atoms with Gasteiger partial charge < -0.3 is 9.64 Å². The molecule has 1 heterocycles. The van der Waals surface area contributed by atoms with Gasteiger partial charge in [0.1, 0.15) is 11.1 Å². The molecule has 1 aliphatic heterocycles. The van der Waals surface area contributed by atoms with Crippen LogP contribution in [0.4, 0.5) is 0 Å². The monoisotopic (exact) mass is 405 g/mol. The Balaban J connectivity index is 1.96. The van der Waals surface area contributed by atoms with Crippen molar-refractivity contribution in [3.05, 3.63) is 63.1 Å². The molecule has 3 rings (SSSR count). The lowest BCUT2D eigenvalue weighted by Crippen LogP contribution is -2.31. The highest BCUT2D eigenvalue weighted by molar-refractivity contribution is 9.10. The number of rotatable bonds is 3. The van der Waals surface area contributed by atoms with Gasteiger partial charge in [-0.3, -0.25) is 4.79 Å². The van der Waals surface area contributed by atoms with Gasteiger partial charge in [0.25, 0.3) is 5.91 Å². The smallest absolute Gasteiger partial charge is 0.255 e. The van der Waals surface area contributed by atoms with E-state index in [1.807, 2.05) is 49.1 Å². The summed E-state index contributed by atoms with van der Waals surface area (Å²) >= 11 is 5.30. The zero-order valence-corrected chi connectivity index (χ0v) is 16.4. The fourth-order valence-electron chi connectivity index (χ4n) is 3.04. The maximum atomic E-state index is 13.1. The number of halogens is 1. The highest BCUT2D eigenvalue weighted by Gasteiger charge is 2.33. The van der Waals surface area contributed by atoms with Crippen molar-refractivity contribution in [2.45, 2.75) is 19.2 Å². The number of amides is 1. The third kappa shape index (κ3) is 3.33. The first-order valence-electron chi connectivity index (χ1n) is 7.84. The Kier molecular flexibility index (Phi) is 5.21. The molecule has 0 radical (unpaired) electrons. The summed E-state index contributed by atoms with van der Waals surface area (Å²) < 4.78 is 6.50. The van der Waals surface area contributed by atoms with Crippen LogP contribution in [-0.2, 0) is 0 Å². The van der Waals surface area contributed by atoms with Crippen LogP contribution in [0, 0.1) is 13.8 Å². The fourth-order valence-corrected chi connectivity index (χ4v) is 4.69. The number of ether oxygens (including phenoxy) is 1. The van der Waals surface area contributed by atoms with E-state index in [2.05, 4.69) is 22.0 Å². The molecule has 0 saturated carbocycles. The van der Waals surface area contributed by atoms with Gasteiger partial charge in [-0.2, -0.15) is 0 Å². The van der Waals surface area contributed by atoms with E-state index >= 15 is 0 Å². The Morgan fingerprint density at radius 3 is 2.75 bits per heavy atom. The average molecular weight is 406 g/mol. The standard InChI is InChI=1S/C19H20BrNO2S/c1-12-4-6-15(13(2)10-12)18(22)21-8-9-24-19(21)16-11-14(20)5-7-17(16)23-3/h4-7,10-11,19H,8-9H2,1-3H3. The number of nitrogens with zero attached hydrogens (tertiary/aromatic N) is 1. The number of methoxy groups -OCH3 is 1. The topological polar surface area (TPSA) is 29.5 Å². The lowest BCUT2D eigenvalue weighted by Gasteiger charge is -2.26. The molecule has 0 aliphatic carbocycles. The van der Waals surface area contributed by atoms with E-state index in [1.165, 1.54) is 5.56 Å². The van der Waals surface area contributed by atoms with Crippen LogP contribution in [0.5, 0.6) is 5.75 Å². The minimum atomic E-state index is -0.0225. The Morgan fingerprint density at radius 2 is 2.04 bits per heavy atom. The molecule has 0 bridgehead atoms. The molecular weight excluding hydrogens is 386 g/mol. The van der Waals surface area contributed by atoms with Crippen molar-refractivity contribution in [3.8, 4) is 5.75 Å². The normalized spacial score (nSPS) is 17.2. The number of carbonyl (C=O) groups is 1. The molecule has 3 nitrogen and oxygen atoms in total. The Labute approximate surface area is 155 Å². The number of hydrogen-bond acceptors (Lipinski definition) is 3. The molecule has 24 heavy (non-hydrogen) atoms. The van der Waals surface area contributed by atoms with Gasteiger partial charge in [-0.1, -0.05) is 33.6 Å². The second-order valence-electron chi connectivity index (χ2n) is 5.93. The highest BCUT2D eigenvalue weighted by Crippen LogP contribution is 2.43. The molecule has 2 aromatic rings. The minimum absolute atomic E-state index is 0.0225. The second-order valence-corrected chi connectivity index (χ2v) is 8.03. The molecule has 0 N–H and O–H groups in total. The quantitative estimate of drug-likeness (QED) is 0.722. The molecule has 1 saturated heterocycles. The van der Waals surface area contributed by atoms with Crippen molar-refractivity contribution in [2.75, 3.05) is 19.4 Å². The third-order valence-corrected chi connectivity index (χ3v) is 5.96. The van der Waals surface area contributed by atoms with E-state index < -0.39 is 0 Å². The van der Waals surface area contributed by atoms with Gasteiger partial charge >= 0.3 is 0 Å². The summed E-state index contributed by atoms with van der Waals surface area (Å²) in [4.78, 5) is 15.1. The molecule has 1 unspecified atom stereocenters. The van der Waals surface area contributed by atoms with Crippen LogP contribution in [0.15, 0.2) is 40.9 Å². The van der Waals surface area contributed by atoms with E-state index in [0.717, 1.165) is 39.2 Å². The number of benzene rings is 2. The van der Waals surface area contributed by atoms with Crippen LogP contribution in [0.25, 0.3) is 0 Å². The molecular formula is C19H20BrNO2S. The van der Waals surface area contributed by atoms with E-state index in [-0.39, 0.29) is 11.3 Å².